The number of carbonyl (C=O) groups is 4. The molecule has 2 aromatic carbocycles. The Morgan fingerprint density at radius 2 is 1.22 bits per heavy atom. The minimum absolute atomic E-state index is 0.112. The van der Waals surface area contributed by atoms with Gasteiger partial charge >= 0.3 is 12.2 Å². The number of nitrogens with two attached hydrogens (primary N) is 2. The lowest BCUT2D eigenvalue weighted by Gasteiger charge is -2.35. The van der Waals surface area contributed by atoms with Crippen LogP contribution in [0.3, 0.4) is 0 Å². The summed E-state index contributed by atoms with van der Waals surface area (Å²) in [7, 11) is 0. The molecule has 1 fully saturated rings. The molecule has 1 unspecified atom stereocenters. The van der Waals surface area contributed by atoms with Gasteiger partial charge in [0.15, 0.2) is 0 Å². The molecule has 2 aromatic rings. The highest BCUT2D eigenvalue weighted by atomic mass is 19.1. The third-order valence-electron chi connectivity index (χ3n) is 12.0. The van der Waals surface area contributed by atoms with Gasteiger partial charge in [-0.15, -0.1) is 0 Å². The van der Waals surface area contributed by atoms with Crippen LogP contribution in [0.4, 0.5) is 18.4 Å². The standard InChI is InChI=1S/C23H29FN2O3.C23H27FN2O3/c2*1-23(2,3)29-22(28)26-9-5-7-14(12-26)19-18(24)11-17(21(25)27)16-10-13-6-4-8-15(13)20(16)19/h11,14H,4-10,12H2,1-3H3,(H2,25,27);7,11H,4-6,8-10,12H2,1-3H3,(H2,25,27). The van der Waals surface area contributed by atoms with Gasteiger partial charge in [-0.1, -0.05) is 17.2 Å². The number of halogens is 2. The molecule has 4 amide bonds. The second-order valence-electron chi connectivity index (χ2n) is 18.4. The van der Waals surface area contributed by atoms with Crippen LogP contribution in [0.25, 0.3) is 16.7 Å². The fourth-order valence-corrected chi connectivity index (χ4v) is 9.74. The molecule has 4 N–H and O–H groups in total. The lowest BCUT2D eigenvalue weighted by molar-refractivity contribution is 0.0195. The number of piperidine rings is 1. The number of hydrogen-bond donors (Lipinski definition) is 2. The summed E-state index contributed by atoms with van der Waals surface area (Å²) in [5, 5.41) is 0. The summed E-state index contributed by atoms with van der Waals surface area (Å²) in [6, 6.07) is 2.58. The van der Waals surface area contributed by atoms with Crippen LogP contribution in [0.15, 0.2) is 29.4 Å². The number of benzene rings is 2. The van der Waals surface area contributed by atoms with Gasteiger partial charge in [0.05, 0.1) is 0 Å². The van der Waals surface area contributed by atoms with E-state index in [1.54, 1.807) is 9.80 Å². The average Bonchev–Trinajstić information content (AvgIpc) is 3.93. The Balaban J connectivity index is 0.000000177. The number of primary amides is 2. The molecule has 310 valence electrons. The van der Waals surface area contributed by atoms with Gasteiger partial charge in [0.1, 0.15) is 22.8 Å². The second-order valence-corrected chi connectivity index (χ2v) is 18.4. The van der Waals surface area contributed by atoms with Gasteiger partial charge in [-0.2, -0.15) is 0 Å². The summed E-state index contributed by atoms with van der Waals surface area (Å²) in [4.78, 5) is 52.3. The Morgan fingerprint density at radius 3 is 1.79 bits per heavy atom. The number of nitrogens with zero attached hydrogens (tertiary/aromatic N) is 2. The Morgan fingerprint density at radius 1 is 0.690 bits per heavy atom. The number of carbonyl (C=O) groups excluding carboxylic acids is 4. The van der Waals surface area contributed by atoms with Crippen molar-refractivity contribution in [2.24, 2.45) is 11.5 Å². The highest BCUT2D eigenvalue weighted by molar-refractivity contribution is 6.00. The quantitative estimate of drug-likeness (QED) is 0.316. The smallest absolute Gasteiger partial charge is 0.410 e. The fraction of sp³-hybridized carbons (Fsp3) is 0.522. The molecule has 8 rings (SSSR count). The molecule has 4 aliphatic carbocycles. The van der Waals surface area contributed by atoms with E-state index >= 15 is 8.78 Å². The zero-order chi connectivity index (χ0) is 41.8. The molecule has 2 aliphatic heterocycles. The van der Waals surface area contributed by atoms with Gasteiger partial charge in [0.2, 0.25) is 11.8 Å². The number of ether oxygens (including phenoxy) is 2. The Labute approximate surface area is 339 Å². The maximum atomic E-state index is 15.3. The largest absolute Gasteiger partial charge is 0.444 e. The molecule has 1 atom stereocenters. The summed E-state index contributed by atoms with van der Waals surface area (Å²) in [6.45, 7) is 12.9. The molecule has 58 heavy (non-hydrogen) atoms. The first-order valence-electron chi connectivity index (χ1n) is 20.7. The maximum absolute atomic E-state index is 15.3. The molecule has 0 radical (unpaired) electrons. The maximum Gasteiger partial charge on any atom is 0.410 e. The van der Waals surface area contributed by atoms with Gasteiger partial charge in [-0.05, 0) is 163 Å². The number of rotatable bonds is 4. The van der Waals surface area contributed by atoms with Gasteiger partial charge in [0, 0.05) is 54.4 Å². The van der Waals surface area contributed by atoms with E-state index in [-0.39, 0.29) is 29.9 Å². The molecule has 0 saturated carbocycles. The van der Waals surface area contributed by atoms with E-state index in [9.17, 15) is 19.2 Å². The highest BCUT2D eigenvalue weighted by Gasteiger charge is 2.38. The molecule has 6 aliphatic rings. The van der Waals surface area contributed by atoms with Crippen molar-refractivity contribution in [3.8, 4) is 0 Å². The molecule has 0 aromatic heterocycles. The third kappa shape index (κ3) is 8.16. The molecular formula is C46H56F2N4O6. The Bertz CT molecular complexity index is 2190. The molecule has 10 nitrogen and oxygen atoms in total. The Kier molecular flexibility index (Phi) is 11.1. The van der Waals surface area contributed by atoms with Crippen LogP contribution in [0.5, 0.6) is 0 Å². The predicted molar refractivity (Wildman–Crippen MR) is 219 cm³/mol. The number of hydrogen-bond acceptors (Lipinski definition) is 6. The third-order valence-corrected chi connectivity index (χ3v) is 12.0. The van der Waals surface area contributed by atoms with E-state index in [2.05, 4.69) is 0 Å². The van der Waals surface area contributed by atoms with Crippen molar-refractivity contribution in [2.75, 3.05) is 26.2 Å². The first-order chi connectivity index (χ1) is 27.3. The lowest BCUT2D eigenvalue weighted by Crippen LogP contribution is -2.42. The van der Waals surface area contributed by atoms with Crippen molar-refractivity contribution < 1.29 is 37.4 Å². The van der Waals surface area contributed by atoms with Crippen LogP contribution in [0, 0.1) is 11.6 Å². The topological polar surface area (TPSA) is 145 Å². The number of allylic oxidation sites excluding steroid dienone is 4. The van der Waals surface area contributed by atoms with Gasteiger partial charge in [-0.25, -0.2) is 18.4 Å². The molecule has 0 bridgehead atoms. The number of fused-ring (bicyclic) bond motifs is 4. The van der Waals surface area contributed by atoms with Crippen LogP contribution >= 0.6 is 0 Å². The summed E-state index contributed by atoms with van der Waals surface area (Å²) >= 11 is 0. The number of amides is 4. The SMILES string of the molecule is CC(C)(C)OC(=O)N1CCC=C(c2c(F)cc(C(N)=O)c3c2C2=C(CCC2)C3)C1.CC(C)(C)OC(=O)N1CCCC(c2c(F)cc(C(N)=O)c3c2C2=C(CCC2)C3)C1. The molecule has 2 heterocycles. The van der Waals surface area contributed by atoms with Crippen LogP contribution in [-0.2, 0) is 22.3 Å². The van der Waals surface area contributed by atoms with Crippen molar-refractivity contribution >= 4 is 40.7 Å². The van der Waals surface area contributed by atoms with E-state index < -0.39 is 34.9 Å². The van der Waals surface area contributed by atoms with E-state index in [0.717, 1.165) is 84.8 Å². The zero-order valence-electron chi connectivity index (χ0n) is 34.7. The fourth-order valence-electron chi connectivity index (χ4n) is 9.74. The summed E-state index contributed by atoms with van der Waals surface area (Å²) in [6.07, 6.45) is 10.7. The van der Waals surface area contributed by atoms with Gasteiger partial charge < -0.3 is 30.7 Å². The minimum atomic E-state index is -0.596. The van der Waals surface area contributed by atoms with Crippen molar-refractivity contribution in [1.29, 1.82) is 0 Å². The summed E-state index contributed by atoms with van der Waals surface area (Å²) in [5.41, 5.74) is 20.9. The zero-order valence-corrected chi connectivity index (χ0v) is 34.7. The van der Waals surface area contributed by atoms with Crippen LogP contribution in [0.1, 0.15) is 159 Å². The average molecular weight is 799 g/mol. The lowest BCUT2D eigenvalue weighted by atomic mass is 9.82. The highest BCUT2D eigenvalue weighted by Crippen LogP contribution is 2.50. The van der Waals surface area contributed by atoms with Crippen LogP contribution in [-0.4, -0.2) is 71.2 Å². The summed E-state index contributed by atoms with van der Waals surface area (Å²) in [5.74, 6) is -2.11. The molecule has 1 saturated heterocycles. The van der Waals surface area contributed by atoms with Crippen LogP contribution < -0.4 is 11.5 Å². The van der Waals surface area contributed by atoms with Crippen molar-refractivity contribution in [3.63, 3.8) is 0 Å². The molecular weight excluding hydrogens is 743 g/mol. The van der Waals surface area contributed by atoms with Crippen molar-refractivity contribution in [1.82, 2.24) is 9.80 Å². The van der Waals surface area contributed by atoms with E-state index in [1.165, 1.54) is 28.9 Å². The second kappa shape index (κ2) is 15.6. The molecule has 12 heteroatoms. The predicted octanol–water partition coefficient (Wildman–Crippen LogP) is 8.98. The monoisotopic (exact) mass is 798 g/mol. The van der Waals surface area contributed by atoms with Crippen LogP contribution in [0.2, 0.25) is 0 Å². The van der Waals surface area contributed by atoms with E-state index in [4.69, 9.17) is 20.9 Å². The van der Waals surface area contributed by atoms with E-state index in [0.29, 0.717) is 55.6 Å². The Hall–Kier alpha value is -5.00. The minimum Gasteiger partial charge on any atom is -0.444 e. The van der Waals surface area contributed by atoms with Gasteiger partial charge in [0.25, 0.3) is 0 Å². The first kappa shape index (κ1) is 41.2. The van der Waals surface area contributed by atoms with Crippen molar-refractivity contribution in [2.45, 2.75) is 129 Å². The van der Waals surface area contributed by atoms with Gasteiger partial charge in [-0.3, -0.25) is 9.59 Å². The summed E-state index contributed by atoms with van der Waals surface area (Å²) < 4.78 is 41.7. The van der Waals surface area contributed by atoms with Crippen molar-refractivity contribution in [3.05, 3.63) is 85.5 Å². The molecule has 0 spiro atoms. The first-order valence-corrected chi connectivity index (χ1v) is 20.7. The van der Waals surface area contributed by atoms with E-state index in [1.807, 2.05) is 47.6 Å². The normalized spacial score (nSPS) is 19.9. The number of likely N-dealkylation sites (tertiary alicyclic amines) is 1.